The molecular formula is C23H20ClFO3. The largest absolute Gasteiger partial charge is 0.486 e. The maximum atomic E-state index is 14.2. The lowest BCUT2D eigenvalue weighted by molar-refractivity contribution is -0.116. The molecule has 0 aliphatic rings. The van der Waals surface area contributed by atoms with Crippen molar-refractivity contribution in [2.45, 2.75) is 26.4 Å². The summed E-state index contributed by atoms with van der Waals surface area (Å²) in [6, 6.07) is 19.3. The van der Waals surface area contributed by atoms with Crippen molar-refractivity contribution in [1.29, 1.82) is 0 Å². The van der Waals surface area contributed by atoms with Crippen LogP contribution in [0.5, 0.6) is 17.2 Å². The third-order valence-corrected chi connectivity index (χ3v) is 4.36. The number of carbonyl (C=O) groups excluding carboxylic acids is 1. The summed E-state index contributed by atoms with van der Waals surface area (Å²) in [7, 11) is 0. The van der Waals surface area contributed by atoms with Crippen molar-refractivity contribution in [3.05, 3.63) is 88.7 Å². The molecule has 0 aromatic heterocycles. The zero-order chi connectivity index (χ0) is 19.9. The van der Waals surface area contributed by atoms with Gasteiger partial charge in [0.1, 0.15) is 23.9 Å². The molecule has 0 N–H and O–H groups in total. The van der Waals surface area contributed by atoms with Crippen molar-refractivity contribution >= 4 is 17.4 Å². The number of ketones is 1. The van der Waals surface area contributed by atoms with Gasteiger partial charge in [-0.15, -0.1) is 0 Å². The van der Waals surface area contributed by atoms with E-state index in [0.717, 1.165) is 11.1 Å². The first-order valence-corrected chi connectivity index (χ1v) is 9.30. The van der Waals surface area contributed by atoms with E-state index in [9.17, 15) is 9.18 Å². The molecule has 0 spiro atoms. The lowest BCUT2D eigenvalue weighted by Crippen LogP contribution is -1.99. The van der Waals surface area contributed by atoms with Crippen molar-refractivity contribution < 1.29 is 18.7 Å². The molecule has 0 radical (unpaired) electrons. The molecule has 0 aliphatic carbocycles. The van der Waals surface area contributed by atoms with Crippen molar-refractivity contribution in [2.75, 3.05) is 0 Å². The summed E-state index contributed by atoms with van der Waals surface area (Å²) < 4.78 is 25.6. The van der Waals surface area contributed by atoms with Gasteiger partial charge in [0, 0.05) is 11.4 Å². The van der Waals surface area contributed by atoms with Crippen molar-refractivity contribution in [2.24, 2.45) is 0 Å². The van der Waals surface area contributed by atoms with E-state index in [2.05, 4.69) is 0 Å². The standard InChI is InChI=1S/C23H20ClFO3/c1-16(26)5-6-17-7-12-23(22(25)14-17)27-15-18-3-2-4-21(13-18)28-20-10-8-19(24)9-11-20/h2-4,7-14H,5-6,15H2,1H3. The topological polar surface area (TPSA) is 35.5 Å². The Morgan fingerprint density at radius 1 is 0.964 bits per heavy atom. The monoisotopic (exact) mass is 398 g/mol. The fourth-order valence-electron chi connectivity index (χ4n) is 2.64. The van der Waals surface area contributed by atoms with Gasteiger partial charge in [-0.1, -0.05) is 29.8 Å². The van der Waals surface area contributed by atoms with E-state index in [1.165, 1.54) is 13.0 Å². The average molecular weight is 399 g/mol. The molecule has 3 aromatic carbocycles. The molecule has 28 heavy (non-hydrogen) atoms. The van der Waals surface area contributed by atoms with E-state index >= 15 is 0 Å². The molecule has 0 saturated carbocycles. The number of benzene rings is 3. The van der Waals surface area contributed by atoms with Crippen LogP contribution in [0.3, 0.4) is 0 Å². The van der Waals surface area contributed by atoms with Gasteiger partial charge in [-0.25, -0.2) is 4.39 Å². The number of carbonyl (C=O) groups is 1. The molecule has 5 heteroatoms. The van der Waals surface area contributed by atoms with E-state index in [1.807, 2.05) is 24.3 Å². The minimum Gasteiger partial charge on any atom is -0.486 e. The number of ether oxygens (including phenoxy) is 2. The second-order valence-electron chi connectivity index (χ2n) is 6.46. The fraction of sp³-hybridized carbons (Fsp3) is 0.174. The molecule has 0 aliphatic heterocycles. The van der Waals surface area contributed by atoms with Crippen LogP contribution < -0.4 is 9.47 Å². The quantitative estimate of drug-likeness (QED) is 0.442. The predicted molar refractivity (Wildman–Crippen MR) is 108 cm³/mol. The highest BCUT2D eigenvalue weighted by Gasteiger charge is 2.07. The number of hydrogen-bond acceptors (Lipinski definition) is 3. The van der Waals surface area contributed by atoms with Crippen LogP contribution in [-0.4, -0.2) is 5.78 Å². The van der Waals surface area contributed by atoms with Crippen LogP contribution in [0.4, 0.5) is 4.39 Å². The van der Waals surface area contributed by atoms with Gasteiger partial charge in [0.05, 0.1) is 0 Å². The first kappa shape index (κ1) is 19.9. The van der Waals surface area contributed by atoms with Crippen LogP contribution in [0.25, 0.3) is 0 Å². The van der Waals surface area contributed by atoms with E-state index in [1.54, 1.807) is 36.4 Å². The maximum absolute atomic E-state index is 14.2. The first-order chi connectivity index (χ1) is 13.5. The van der Waals surface area contributed by atoms with Crippen molar-refractivity contribution in [1.82, 2.24) is 0 Å². The van der Waals surface area contributed by atoms with Gasteiger partial charge in [0.15, 0.2) is 11.6 Å². The van der Waals surface area contributed by atoms with Crippen LogP contribution in [0, 0.1) is 5.82 Å². The van der Waals surface area contributed by atoms with Gasteiger partial charge in [0.2, 0.25) is 0 Å². The molecule has 3 nitrogen and oxygen atoms in total. The summed E-state index contributed by atoms with van der Waals surface area (Å²) >= 11 is 5.88. The van der Waals surface area contributed by atoms with Gasteiger partial charge in [-0.2, -0.15) is 0 Å². The number of rotatable bonds is 8. The summed E-state index contributed by atoms with van der Waals surface area (Å²) in [5.74, 6) is 1.16. The Balaban J connectivity index is 1.61. The Kier molecular flexibility index (Phi) is 6.66. The Bertz CT molecular complexity index is 954. The lowest BCUT2D eigenvalue weighted by Gasteiger charge is -2.10. The summed E-state index contributed by atoms with van der Waals surface area (Å²) in [5.41, 5.74) is 1.63. The van der Waals surface area contributed by atoms with Gasteiger partial charge < -0.3 is 14.3 Å². The molecular weight excluding hydrogens is 379 g/mol. The number of aryl methyl sites for hydroxylation is 1. The van der Waals surface area contributed by atoms with Crippen LogP contribution in [0.2, 0.25) is 5.02 Å². The molecule has 0 atom stereocenters. The van der Waals surface area contributed by atoms with E-state index in [-0.39, 0.29) is 18.1 Å². The summed E-state index contributed by atoms with van der Waals surface area (Å²) in [5, 5.41) is 0.642. The second kappa shape index (κ2) is 9.38. The van der Waals surface area contributed by atoms with Crippen LogP contribution in [-0.2, 0) is 17.8 Å². The summed E-state index contributed by atoms with van der Waals surface area (Å²) in [6.07, 6.45) is 0.927. The highest BCUT2D eigenvalue weighted by molar-refractivity contribution is 6.30. The third-order valence-electron chi connectivity index (χ3n) is 4.10. The Morgan fingerprint density at radius 3 is 2.46 bits per heavy atom. The summed E-state index contributed by atoms with van der Waals surface area (Å²) in [6.45, 7) is 1.74. The Morgan fingerprint density at radius 2 is 1.75 bits per heavy atom. The van der Waals surface area contributed by atoms with Gasteiger partial charge in [-0.05, 0) is 73.0 Å². The zero-order valence-electron chi connectivity index (χ0n) is 15.5. The highest BCUT2D eigenvalue weighted by Crippen LogP contribution is 2.25. The number of Topliss-reactive ketones (excluding diaryl/α,β-unsaturated/α-hetero) is 1. The molecule has 0 amide bonds. The SMILES string of the molecule is CC(=O)CCc1ccc(OCc2cccc(Oc3ccc(Cl)cc3)c2)c(F)c1. The molecule has 0 bridgehead atoms. The normalized spacial score (nSPS) is 10.5. The molecule has 3 rings (SSSR count). The molecule has 0 saturated heterocycles. The lowest BCUT2D eigenvalue weighted by atomic mass is 10.1. The maximum Gasteiger partial charge on any atom is 0.165 e. The van der Waals surface area contributed by atoms with Crippen LogP contribution in [0.15, 0.2) is 66.7 Å². The van der Waals surface area contributed by atoms with Crippen LogP contribution >= 0.6 is 11.6 Å². The molecule has 3 aromatic rings. The Hall–Kier alpha value is -2.85. The molecule has 144 valence electrons. The third kappa shape index (κ3) is 5.83. The smallest absolute Gasteiger partial charge is 0.165 e. The van der Waals surface area contributed by atoms with E-state index in [4.69, 9.17) is 21.1 Å². The second-order valence-corrected chi connectivity index (χ2v) is 6.90. The number of halogens is 2. The minimum absolute atomic E-state index is 0.0847. The van der Waals surface area contributed by atoms with Crippen molar-refractivity contribution in [3.63, 3.8) is 0 Å². The fourth-order valence-corrected chi connectivity index (χ4v) is 2.76. The molecule has 0 fully saturated rings. The van der Waals surface area contributed by atoms with Gasteiger partial charge in [-0.3, -0.25) is 0 Å². The minimum atomic E-state index is -0.436. The predicted octanol–water partition coefficient (Wildman–Crippen LogP) is 6.37. The Labute approximate surface area is 168 Å². The van der Waals surface area contributed by atoms with Gasteiger partial charge >= 0.3 is 0 Å². The average Bonchev–Trinajstić information content (AvgIpc) is 2.68. The zero-order valence-corrected chi connectivity index (χ0v) is 16.2. The summed E-state index contributed by atoms with van der Waals surface area (Å²) in [4.78, 5) is 11.1. The first-order valence-electron chi connectivity index (χ1n) is 8.92. The van der Waals surface area contributed by atoms with E-state index in [0.29, 0.717) is 29.4 Å². The van der Waals surface area contributed by atoms with Crippen LogP contribution in [0.1, 0.15) is 24.5 Å². The molecule has 0 heterocycles. The van der Waals surface area contributed by atoms with E-state index < -0.39 is 5.82 Å². The van der Waals surface area contributed by atoms with Crippen molar-refractivity contribution in [3.8, 4) is 17.2 Å². The molecule has 0 unspecified atom stereocenters. The highest BCUT2D eigenvalue weighted by atomic mass is 35.5. The number of hydrogen-bond donors (Lipinski definition) is 0. The van der Waals surface area contributed by atoms with Gasteiger partial charge in [0.25, 0.3) is 0 Å².